The van der Waals surface area contributed by atoms with Crippen molar-refractivity contribution >= 4 is 29.1 Å². The van der Waals surface area contributed by atoms with Gasteiger partial charge in [-0.2, -0.15) is 0 Å². The molecule has 0 amide bonds. The van der Waals surface area contributed by atoms with Gasteiger partial charge in [0, 0.05) is 43.4 Å². The van der Waals surface area contributed by atoms with Gasteiger partial charge in [-0.1, -0.05) is 23.7 Å². The number of anilines is 1. The van der Waals surface area contributed by atoms with Crippen molar-refractivity contribution in [3.63, 3.8) is 0 Å². The summed E-state index contributed by atoms with van der Waals surface area (Å²) in [7, 11) is 1.66. The van der Waals surface area contributed by atoms with E-state index in [1.54, 1.807) is 37.5 Å². The summed E-state index contributed by atoms with van der Waals surface area (Å²) in [4.78, 5) is 17.5. The highest BCUT2D eigenvalue weighted by Gasteiger charge is 2.32. The summed E-state index contributed by atoms with van der Waals surface area (Å²) >= 11 is 6.07. The van der Waals surface area contributed by atoms with Gasteiger partial charge < -0.3 is 19.5 Å². The molecule has 6 nitrogen and oxygen atoms in total. The first-order chi connectivity index (χ1) is 16.5. The number of ketones is 1. The minimum Gasteiger partial charge on any atom is -0.507 e. The van der Waals surface area contributed by atoms with Gasteiger partial charge in [-0.15, -0.1) is 0 Å². The Balaban J connectivity index is 1.30. The monoisotopic (exact) mass is 476 g/mol. The highest BCUT2D eigenvalue weighted by atomic mass is 35.5. The lowest BCUT2D eigenvalue weighted by Gasteiger charge is -2.36. The third-order valence-corrected chi connectivity index (χ3v) is 6.49. The number of Topliss-reactive ketones (excluding diaryl/α,β-unsaturated/α-hetero) is 1. The van der Waals surface area contributed by atoms with E-state index in [0.29, 0.717) is 28.4 Å². The van der Waals surface area contributed by atoms with Crippen LogP contribution in [0.2, 0.25) is 5.02 Å². The largest absolute Gasteiger partial charge is 0.507 e. The van der Waals surface area contributed by atoms with Gasteiger partial charge in [-0.05, 0) is 60.2 Å². The number of carbonyl (C=O) groups excluding carboxylic acids is 1. The molecule has 2 aliphatic heterocycles. The number of rotatable bonds is 5. The highest BCUT2D eigenvalue weighted by Crippen LogP contribution is 2.40. The predicted molar refractivity (Wildman–Crippen MR) is 133 cm³/mol. The lowest BCUT2D eigenvalue weighted by Crippen LogP contribution is -2.46. The van der Waals surface area contributed by atoms with Crippen molar-refractivity contribution in [2.45, 2.75) is 6.54 Å². The van der Waals surface area contributed by atoms with Gasteiger partial charge in [-0.25, -0.2) is 0 Å². The van der Waals surface area contributed by atoms with Gasteiger partial charge in [0.25, 0.3) is 0 Å². The van der Waals surface area contributed by atoms with Gasteiger partial charge in [-0.3, -0.25) is 9.69 Å². The molecular formula is C27H25ClN2O4. The fourth-order valence-corrected chi connectivity index (χ4v) is 4.58. The highest BCUT2D eigenvalue weighted by molar-refractivity contribution is 6.30. The molecule has 34 heavy (non-hydrogen) atoms. The van der Waals surface area contributed by atoms with Gasteiger partial charge in [0.05, 0.1) is 18.2 Å². The van der Waals surface area contributed by atoms with E-state index >= 15 is 0 Å². The third-order valence-electron chi connectivity index (χ3n) is 6.25. The number of halogens is 1. The van der Waals surface area contributed by atoms with E-state index in [0.717, 1.165) is 43.2 Å². The fourth-order valence-electron chi connectivity index (χ4n) is 4.38. The van der Waals surface area contributed by atoms with E-state index in [9.17, 15) is 9.90 Å². The van der Waals surface area contributed by atoms with E-state index in [2.05, 4.69) is 21.9 Å². The maximum Gasteiger partial charge on any atom is 0.231 e. The number of nitrogens with zero attached hydrogens (tertiary/aromatic N) is 2. The van der Waals surface area contributed by atoms with Crippen LogP contribution in [0.15, 0.2) is 66.4 Å². The summed E-state index contributed by atoms with van der Waals surface area (Å²) in [5, 5.41) is 11.2. The average Bonchev–Trinajstić information content (AvgIpc) is 3.16. The molecule has 0 aromatic heterocycles. The smallest absolute Gasteiger partial charge is 0.231 e. The average molecular weight is 477 g/mol. The molecule has 2 heterocycles. The summed E-state index contributed by atoms with van der Waals surface area (Å²) in [6.45, 7) is 3.88. The van der Waals surface area contributed by atoms with Crippen LogP contribution >= 0.6 is 11.6 Å². The van der Waals surface area contributed by atoms with E-state index in [1.165, 1.54) is 0 Å². The van der Waals surface area contributed by atoms with Crippen molar-refractivity contribution in [2.24, 2.45) is 0 Å². The fraction of sp³-hybridized carbons (Fsp3) is 0.222. The van der Waals surface area contributed by atoms with Crippen LogP contribution in [0.3, 0.4) is 0 Å². The number of benzene rings is 3. The van der Waals surface area contributed by atoms with Gasteiger partial charge in [0.15, 0.2) is 5.76 Å². The number of ether oxygens (including phenoxy) is 2. The normalized spacial score (nSPS) is 17.1. The Bertz CT molecular complexity index is 1250. The van der Waals surface area contributed by atoms with Gasteiger partial charge in [0.2, 0.25) is 5.78 Å². The Hall–Kier alpha value is -3.48. The predicted octanol–water partition coefficient (Wildman–Crippen LogP) is 4.99. The molecule has 174 valence electrons. The molecule has 0 spiro atoms. The number of hydrogen-bond donors (Lipinski definition) is 1. The number of hydrogen-bond acceptors (Lipinski definition) is 6. The van der Waals surface area contributed by atoms with Crippen molar-refractivity contribution in [3.05, 3.63) is 88.1 Å². The van der Waals surface area contributed by atoms with Crippen molar-refractivity contribution in [3.8, 4) is 17.2 Å². The number of fused-ring (bicyclic) bond motifs is 1. The Morgan fingerprint density at radius 3 is 2.53 bits per heavy atom. The van der Waals surface area contributed by atoms with Crippen LogP contribution in [0.1, 0.15) is 21.5 Å². The molecule has 0 saturated carbocycles. The molecular weight excluding hydrogens is 452 g/mol. The molecule has 1 saturated heterocycles. The summed E-state index contributed by atoms with van der Waals surface area (Å²) < 4.78 is 11.2. The molecule has 1 fully saturated rings. The SMILES string of the molecule is COc1ccc(N2CCN(Cc3c(O)ccc4c3O/C(=C\c3cccc(Cl)c3)C4=O)CC2)cc1. The maximum atomic E-state index is 13.0. The first-order valence-corrected chi connectivity index (χ1v) is 11.6. The van der Waals surface area contributed by atoms with E-state index < -0.39 is 0 Å². The van der Waals surface area contributed by atoms with Crippen LogP contribution in [0.25, 0.3) is 6.08 Å². The summed E-state index contributed by atoms with van der Waals surface area (Å²) in [6, 6.07) is 18.5. The Labute approximate surface area is 203 Å². The van der Waals surface area contributed by atoms with Crippen LogP contribution < -0.4 is 14.4 Å². The Morgan fingerprint density at radius 2 is 1.82 bits per heavy atom. The van der Waals surface area contributed by atoms with Crippen LogP contribution in [0, 0.1) is 0 Å². The molecule has 7 heteroatoms. The van der Waals surface area contributed by atoms with Gasteiger partial charge in [0.1, 0.15) is 17.2 Å². The number of phenols is 1. The zero-order valence-electron chi connectivity index (χ0n) is 18.8. The zero-order valence-corrected chi connectivity index (χ0v) is 19.6. The molecule has 3 aromatic rings. The summed E-state index contributed by atoms with van der Waals surface area (Å²) in [5.41, 5.74) is 3.05. The minimum absolute atomic E-state index is 0.133. The molecule has 0 atom stereocenters. The van der Waals surface area contributed by atoms with Gasteiger partial charge >= 0.3 is 0 Å². The molecule has 3 aromatic carbocycles. The van der Waals surface area contributed by atoms with Crippen molar-refractivity contribution < 1.29 is 19.4 Å². The van der Waals surface area contributed by atoms with Crippen molar-refractivity contribution in [1.29, 1.82) is 0 Å². The standard InChI is InChI=1S/C27H25ClN2O4/c1-33-21-7-5-20(6-8-21)30-13-11-29(12-14-30)17-23-24(31)10-9-22-26(32)25(34-27(22)23)16-18-3-2-4-19(28)15-18/h2-10,15-16,31H,11-14,17H2,1H3/b25-16-. The maximum absolute atomic E-state index is 13.0. The molecule has 5 rings (SSSR count). The number of carbonyl (C=O) groups is 1. The zero-order chi connectivity index (χ0) is 23.7. The molecule has 0 aliphatic carbocycles. The van der Waals surface area contributed by atoms with Crippen LogP contribution in [-0.4, -0.2) is 49.1 Å². The molecule has 0 radical (unpaired) electrons. The quantitative estimate of drug-likeness (QED) is 0.523. The van der Waals surface area contributed by atoms with Crippen LogP contribution in [0.4, 0.5) is 5.69 Å². The molecule has 2 aliphatic rings. The Morgan fingerprint density at radius 1 is 1.06 bits per heavy atom. The number of piperazine rings is 1. The van der Waals surface area contributed by atoms with E-state index in [1.807, 2.05) is 24.3 Å². The van der Waals surface area contributed by atoms with E-state index in [4.69, 9.17) is 21.1 Å². The number of phenolic OH excluding ortho intramolecular Hbond substituents is 1. The summed E-state index contributed by atoms with van der Waals surface area (Å²) in [6.07, 6.45) is 1.68. The second kappa shape index (κ2) is 9.41. The lowest BCUT2D eigenvalue weighted by molar-refractivity contribution is 0.101. The topological polar surface area (TPSA) is 62.2 Å². The number of aromatic hydroxyl groups is 1. The minimum atomic E-state index is -0.194. The van der Waals surface area contributed by atoms with Crippen molar-refractivity contribution in [2.75, 3.05) is 38.2 Å². The first kappa shape index (κ1) is 22.3. The Kier molecular flexibility index (Phi) is 6.18. The first-order valence-electron chi connectivity index (χ1n) is 11.2. The molecule has 1 N–H and O–H groups in total. The molecule has 0 unspecified atom stereocenters. The summed E-state index contributed by atoms with van der Waals surface area (Å²) in [5.74, 6) is 1.45. The van der Waals surface area contributed by atoms with Crippen molar-refractivity contribution in [1.82, 2.24) is 4.90 Å². The van der Waals surface area contributed by atoms with E-state index in [-0.39, 0.29) is 17.3 Å². The lowest BCUT2D eigenvalue weighted by atomic mass is 10.0. The second-order valence-electron chi connectivity index (χ2n) is 8.40. The number of allylic oxidation sites excluding steroid dienone is 1. The van der Waals surface area contributed by atoms with Crippen LogP contribution in [0.5, 0.6) is 17.2 Å². The molecule has 0 bridgehead atoms. The second-order valence-corrected chi connectivity index (χ2v) is 8.83. The van der Waals surface area contributed by atoms with Crippen LogP contribution in [-0.2, 0) is 6.54 Å². The third kappa shape index (κ3) is 4.47. The number of methoxy groups -OCH3 is 1.